The molecule has 0 amide bonds. The Hall–Kier alpha value is -0.610. The Bertz CT molecular complexity index is 605. The molecule has 0 unspecified atom stereocenters. The minimum atomic E-state index is -0.934. The van der Waals surface area contributed by atoms with E-state index in [9.17, 15) is 20.1 Å². The Kier molecular flexibility index (Phi) is 5.36. The molecule has 0 spiro atoms. The lowest BCUT2D eigenvalue weighted by molar-refractivity contribution is -0.306. The quantitative estimate of drug-likeness (QED) is 0.771. The number of rotatable bonds is 4. The van der Waals surface area contributed by atoms with E-state index in [0.29, 0.717) is 41.9 Å². The number of carboxylic acids is 1. The largest absolute Gasteiger partial charge is 0.550 e. The molecule has 0 saturated heterocycles. The zero-order valence-corrected chi connectivity index (χ0v) is 17.9. The zero-order chi connectivity index (χ0) is 20.3. The number of hydrogen-bond acceptors (Lipinski definition) is 4. The van der Waals surface area contributed by atoms with E-state index in [2.05, 4.69) is 20.8 Å². The minimum absolute atomic E-state index is 0.162. The maximum Gasteiger partial charge on any atom is 0.0577 e. The molecule has 4 aliphatic carbocycles. The maximum atomic E-state index is 11.2. The van der Waals surface area contributed by atoms with Crippen LogP contribution in [0.2, 0.25) is 0 Å². The lowest BCUT2D eigenvalue weighted by Crippen LogP contribution is -2.58. The Morgan fingerprint density at radius 2 is 1.71 bits per heavy atom. The molecule has 4 rings (SSSR count). The first-order valence-electron chi connectivity index (χ1n) is 11.7. The molecule has 0 aromatic carbocycles. The average molecular weight is 392 g/mol. The van der Waals surface area contributed by atoms with E-state index in [1.807, 2.05) is 0 Å². The van der Waals surface area contributed by atoms with Crippen LogP contribution in [0.5, 0.6) is 0 Å². The third kappa shape index (κ3) is 3.14. The topological polar surface area (TPSA) is 80.6 Å². The summed E-state index contributed by atoms with van der Waals surface area (Å²) in [5.74, 6) is 1.99. The van der Waals surface area contributed by atoms with Gasteiger partial charge in [0.1, 0.15) is 0 Å². The van der Waals surface area contributed by atoms with Gasteiger partial charge in [0.2, 0.25) is 0 Å². The fourth-order valence-electron chi connectivity index (χ4n) is 8.72. The molecule has 0 aromatic rings. The fraction of sp³-hybridized carbons (Fsp3) is 0.958. The molecule has 28 heavy (non-hydrogen) atoms. The highest BCUT2D eigenvalue weighted by molar-refractivity contribution is 5.64. The number of aliphatic hydroxyl groups is 2. The van der Waals surface area contributed by atoms with E-state index in [1.54, 1.807) is 0 Å². The first kappa shape index (κ1) is 20.7. The van der Waals surface area contributed by atoms with Crippen LogP contribution in [0.15, 0.2) is 0 Å². The molecule has 10 atom stereocenters. The van der Waals surface area contributed by atoms with Gasteiger partial charge in [-0.05, 0) is 111 Å². The number of carbonyl (C=O) groups is 1. The molecule has 4 heteroatoms. The second-order valence-corrected chi connectivity index (χ2v) is 11.3. The Labute approximate surface area is 170 Å². The maximum absolute atomic E-state index is 11.2. The van der Waals surface area contributed by atoms with Gasteiger partial charge in [0.15, 0.2) is 0 Å². The van der Waals surface area contributed by atoms with E-state index in [1.165, 1.54) is 25.7 Å². The van der Waals surface area contributed by atoms with E-state index >= 15 is 0 Å². The van der Waals surface area contributed by atoms with Crippen LogP contribution in [-0.2, 0) is 4.79 Å². The molecular formula is C24H39O4-. The summed E-state index contributed by atoms with van der Waals surface area (Å²) in [7, 11) is 0. The first-order valence-corrected chi connectivity index (χ1v) is 11.7. The molecule has 4 nitrogen and oxygen atoms in total. The summed E-state index contributed by atoms with van der Waals surface area (Å²) >= 11 is 0. The minimum Gasteiger partial charge on any atom is -0.550 e. The first-order chi connectivity index (χ1) is 13.2. The monoisotopic (exact) mass is 391 g/mol. The van der Waals surface area contributed by atoms with Crippen molar-refractivity contribution >= 4 is 5.97 Å². The number of fused-ring (bicyclic) bond motifs is 5. The zero-order valence-electron chi connectivity index (χ0n) is 17.9. The number of hydrogen-bond donors (Lipinski definition) is 2. The van der Waals surface area contributed by atoms with Gasteiger partial charge in [0.25, 0.3) is 0 Å². The highest BCUT2D eigenvalue weighted by Gasteiger charge is 2.62. The molecule has 2 N–H and O–H groups in total. The molecule has 0 aliphatic heterocycles. The summed E-state index contributed by atoms with van der Waals surface area (Å²) in [6.45, 7) is 7.11. The summed E-state index contributed by atoms with van der Waals surface area (Å²) in [6, 6.07) is 0. The van der Waals surface area contributed by atoms with Gasteiger partial charge in [-0.2, -0.15) is 0 Å². The number of aliphatic hydroxyl groups excluding tert-OH is 2. The van der Waals surface area contributed by atoms with E-state index in [0.717, 1.165) is 25.7 Å². The SMILES string of the molecule is C[C@H](CCC(=O)[O-])[C@H]1CC[C@@H]2[C@@H]3[C@H](O)C[C@H]4C[C@H](O)CC[C@]4(C)[C@@H]3CC[C@@]21C. The van der Waals surface area contributed by atoms with Crippen LogP contribution in [0.4, 0.5) is 0 Å². The molecule has 0 bridgehead atoms. The molecule has 160 valence electrons. The summed E-state index contributed by atoms with van der Waals surface area (Å²) in [6.07, 6.45) is 8.91. The average Bonchev–Trinajstić information content (AvgIpc) is 2.98. The van der Waals surface area contributed by atoms with E-state index in [4.69, 9.17) is 0 Å². The fourth-order valence-corrected chi connectivity index (χ4v) is 8.72. The molecule has 0 heterocycles. The van der Waals surface area contributed by atoms with Gasteiger partial charge < -0.3 is 20.1 Å². The van der Waals surface area contributed by atoms with Crippen LogP contribution < -0.4 is 5.11 Å². The van der Waals surface area contributed by atoms with Crippen LogP contribution in [0.25, 0.3) is 0 Å². The van der Waals surface area contributed by atoms with Crippen LogP contribution in [0.3, 0.4) is 0 Å². The normalized spacial score (nSPS) is 51.7. The van der Waals surface area contributed by atoms with Crippen molar-refractivity contribution in [3.63, 3.8) is 0 Å². The van der Waals surface area contributed by atoms with Crippen molar-refractivity contribution in [2.24, 2.45) is 46.3 Å². The Balaban J connectivity index is 1.55. The van der Waals surface area contributed by atoms with Gasteiger partial charge in [-0.15, -0.1) is 0 Å². The van der Waals surface area contributed by atoms with Crippen molar-refractivity contribution < 1.29 is 20.1 Å². The third-order valence-electron chi connectivity index (χ3n) is 10.2. The lowest BCUT2D eigenvalue weighted by Gasteiger charge is -2.62. The highest BCUT2D eigenvalue weighted by atomic mass is 16.4. The summed E-state index contributed by atoms with van der Waals surface area (Å²) in [5, 5.41) is 32.4. The number of carbonyl (C=O) groups excluding carboxylic acids is 1. The van der Waals surface area contributed by atoms with Crippen molar-refractivity contribution in [3.8, 4) is 0 Å². The van der Waals surface area contributed by atoms with Gasteiger partial charge in [0.05, 0.1) is 12.2 Å². The second kappa shape index (κ2) is 7.27. The predicted molar refractivity (Wildman–Crippen MR) is 106 cm³/mol. The second-order valence-electron chi connectivity index (χ2n) is 11.3. The van der Waals surface area contributed by atoms with Crippen molar-refractivity contribution in [2.45, 2.75) is 97.2 Å². The van der Waals surface area contributed by atoms with Crippen molar-refractivity contribution in [1.82, 2.24) is 0 Å². The predicted octanol–water partition coefficient (Wildman–Crippen LogP) is 3.14. The van der Waals surface area contributed by atoms with Crippen LogP contribution in [0.1, 0.15) is 85.0 Å². The van der Waals surface area contributed by atoms with Crippen molar-refractivity contribution in [1.29, 1.82) is 0 Å². The van der Waals surface area contributed by atoms with E-state index in [-0.39, 0.29) is 29.5 Å². The van der Waals surface area contributed by atoms with Crippen LogP contribution in [-0.4, -0.2) is 28.4 Å². The van der Waals surface area contributed by atoms with Crippen LogP contribution in [0, 0.1) is 46.3 Å². The summed E-state index contributed by atoms with van der Waals surface area (Å²) < 4.78 is 0. The summed E-state index contributed by atoms with van der Waals surface area (Å²) in [4.78, 5) is 10.9. The standard InChI is InChI=1S/C24H40O4/c1-14(4-7-21(27)28)17-5-6-18-22-19(9-11-24(17,18)3)23(2)10-8-16(25)12-15(23)13-20(22)26/h14-20,22,25-26H,4-13H2,1-3H3,(H,27,28)/p-1/t14-,15-,16-,17-,18-,19-,20-,22+,23+,24-/m1/s1. The van der Waals surface area contributed by atoms with Gasteiger partial charge in [0, 0.05) is 5.97 Å². The van der Waals surface area contributed by atoms with Crippen molar-refractivity contribution in [2.75, 3.05) is 0 Å². The van der Waals surface area contributed by atoms with Gasteiger partial charge >= 0.3 is 0 Å². The molecule has 0 aromatic heterocycles. The molecule has 0 radical (unpaired) electrons. The molecule has 4 fully saturated rings. The summed E-state index contributed by atoms with van der Waals surface area (Å²) in [5.41, 5.74) is 0.494. The van der Waals surface area contributed by atoms with Gasteiger partial charge in [-0.1, -0.05) is 20.8 Å². The lowest BCUT2D eigenvalue weighted by atomic mass is 9.43. The van der Waals surface area contributed by atoms with Gasteiger partial charge in [-0.3, -0.25) is 0 Å². The number of aliphatic carboxylic acids is 1. The smallest absolute Gasteiger partial charge is 0.0577 e. The number of carboxylic acid groups (broad SMARTS) is 1. The molecular weight excluding hydrogens is 352 g/mol. The third-order valence-corrected chi connectivity index (χ3v) is 10.2. The van der Waals surface area contributed by atoms with Crippen molar-refractivity contribution in [3.05, 3.63) is 0 Å². The molecule has 4 aliphatic rings. The van der Waals surface area contributed by atoms with Gasteiger partial charge in [-0.25, -0.2) is 0 Å². The highest BCUT2D eigenvalue weighted by Crippen LogP contribution is 2.68. The van der Waals surface area contributed by atoms with Crippen LogP contribution >= 0.6 is 0 Å². The Morgan fingerprint density at radius 3 is 2.43 bits per heavy atom. The Morgan fingerprint density at radius 1 is 1.04 bits per heavy atom. The van der Waals surface area contributed by atoms with E-state index < -0.39 is 5.97 Å². The molecule has 4 saturated carbocycles.